The molecule has 0 bridgehead atoms. The molecule has 0 radical (unpaired) electrons. The van der Waals surface area contributed by atoms with Crippen LogP contribution in [0.25, 0.3) is 0 Å². The lowest BCUT2D eigenvalue weighted by Crippen LogP contribution is -2.15. The average molecular weight is 230 g/mol. The van der Waals surface area contributed by atoms with Crippen molar-refractivity contribution in [3.8, 4) is 0 Å². The molecule has 1 aromatic rings. The van der Waals surface area contributed by atoms with Gasteiger partial charge in [0.25, 0.3) is 0 Å². The maximum Gasteiger partial charge on any atom is 0.0435 e. The highest BCUT2D eigenvalue weighted by Crippen LogP contribution is 2.27. The lowest BCUT2D eigenvalue weighted by Gasteiger charge is -2.12. The molecule has 0 fully saturated rings. The van der Waals surface area contributed by atoms with Crippen molar-refractivity contribution in [1.29, 1.82) is 0 Å². The van der Waals surface area contributed by atoms with Crippen LogP contribution in [0.15, 0.2) is 23.1 Å². The molecular weight excluding hydrogens is 214 g/mol. The van der Waals surface area contributed by atoms with E-state index in [0.717, 1.165) is 23.6 Å². The van der Waals surface area contributed by atoms with Gasteiger partial charge in [-0.05, 0) is 37.1 Å². The Morgan fingerprint density at radius 3 is 2.71 bits per heavy atom. The number of aryl methyl sites for hydroxylation is 1. The zero-order valence-corrected chi connectivity index (χ0v) is 10.2. The molecule has 1 atom stereocenters. The van der Waals surface area contributed by atoms with Gasteiger partial charge in [0.05, 0.1) is 0 Å². The van der Waals surface area contributed by atoms with E-state index in [1.165, 1.54) is 4.90 Å². The zero-order valence-electron chi connectivity index (χ0n) is 8.59. The molecule has 1 aromatic carbocycles. The number of rotatable bonds is 4. The van der Waals surface area contributed by atoms with Gasteiger partial charge in [-0.3, -0.25) is 0 Å². The summed E-state index contributed by atoms with van der Waals surface area (Å²) >= 11 is 7.78. The summed E-state index contributed by atoms with van der Waals surface area (Å²) in [7, 11) is 0. The van der Waals surface area contributed by atoms with Crippen molar-refractivity contribution in [2.75, 3.05) is 6.54 Å². The third kappa shape index (κ3) is 3.19. The van der Waals surface area contributed by atoms with Gasteiger partial charge in [0.1, 0.15) is 0 Å². The van der Waals surface area contributed by atoms with Crippen molar-refractivity contribution in [2.24, 2.45) is 5.73 Å². The van der Waals surface area contributed by atoms with E-state index in [1.807, 2.05) is 24.8 Å². The number of benzene rings is 1. The molecule has 0 saturated carbocycles. The molecule has 0 aliphatic carbocycles. The highest BCUT2D eigenvalue weighted by Gasteiger charge is 2.06. The number of hydrogen-bond acceptors (Lipinski definition) is 2. The molecule has 0 saturated heterocycles. The Morgan fingerprint density at radius 2 is 2.21 bits per heavy atom. The highest BCUT2D eigenvalue weighted by atomic mass is 35.5. The molecule has 0 aliphatic heterocycles. The van der Waals surface area contributed by atoms with Gasteiger partial charge >= 0.3 is 0 Å². The van der Waals surface area contributed by atoms with Crippen molar-refractivity contribution in [2.45, 2.75) is 30.4 Å². The molecule has 78 valence electrons. The minimum absolute atomic E-state index is 0.510. The van der Waals surface area contributed by atoms with Gasteiger partial charge < -0.3 is 5.73 Å². The van der Waals surface area contributed by atoms with Gasteiger partial charge in [-0.2, -0.15) is 0 Å². The monoisotopic (exact) mass is 229 g/mol. The normalized spacial score (nSPS) is 12.9. The van der Waals surface area contributed by atoms with E-state index in [0.29, 0.717) is 5.25 Å². The molecule has 1 nitrogen and oxygen atoms in total. The van der Waals surface area contributed by atoms with Crippen molar-refractivity contribution < 1.29 is 0 Å². The molecule has 3 heteroatoms. The van der Waals surface area contributed by atoms with Crippen molar-refractivity contribution in [3.63, 3.8) is 0 Å². The third-order valence-corrected chi connectivity index (χ3v) is 3.96. The van der Waals surface area contributed by atoms with Crippen LogP contribution in [0.3, 0.4) is 0 Å². The first kappa shape index (κ1) is 11.9. The SMILES string of the molecule is CCC(CN)Sc1ccc(Cl)c(C)c1. The Balaban J connectivity index is 2.72. The van der Waals surface area contributed by atoms with Gasteiger partial charge in [-0.15, -0.1) is 11.8 Å². The summed E-state index contributed by atoms with van der Waals surface area (Å²) in [6.07, 6.45) is 1.10. The molecule has 0 amide bonds. The molecule has 2 N–H and O–H groups in total. The molecule has 0 aromatic heterocycles. The highest BCUT2D eigenvalue weighted by molar-refractivity contribution is 8.00. The van der Waals surface area contributed by atoms with Gasteiger partial charge in [-0.25, -0.2) is 0 Å². The fourth-order valence-electron chi connectivity index (χ4n) is 1.18. The van der Waals surface area contributed by atoms with E-state index in [4.69, 9.17) is 17.3 Å². The van der Waals surface area contributed by atoms with Gasteiger partial charge in [0, 0.05) is 21.7 Å². The van der Waals surface area contributed by atoms with Gasteiger partial charge in [-0.1, -0.05) is 18.5 Å². The summed E-state index contributed by atoms with van der Waals surface area (Å²) in [6, 6.07) is 6.12. The second-order valence-corrected chi connectivity index (χ2v) is 5.08. The van der Waals surface area contributed by atoms with E-state index in [9.17, 15) is 0 Å². The summed E-state index contributed by atoms with van der Waals surface area (Å²) in [6.45, 7) is 4.91. The molecule has 0 spiro atoms. The number of halogens is 1. The van der Waals surface area contributed by atoms with E-state index < -0.39 is 0 Å². The quantitative estimate of drug-likeness (QED) is 0.801. The van der Waals surface area contributed by atoms with Crippen LogP contribution < -0.4 is 5.73 Å². The molecule has 0 aliphatic rings. The van der Waals surface area contributed by atoms with Crippen LogP contribution in [0.2, 0.25) is 5.02 Å². The van der Waals surface area contributed by atoms with Gasteiger partial charge in [0.15, 0.2) is 0 Å². The Morgan fingerprint density at radius 1 is 1.50 bits per heavy atom. The summed E-state index contributed by atoms with van der Waals surface area (Å²) in [5.41, 5.74) is 6.78. The second-order valence-electron chi connectivity index (χ2n) is 3.29. The second kappa shape index (κ2) is 5.64. The van der Waals surface area contributed by atoms with Crippen LogP contribution in [-0.2, 0) is 0 Å². The fourth-order valence-corrected chi connectivity index (χ4v) is 2.34. The van der Waals surface area contributed by atoms with Crippen molar-refractivity contribution in [1.82, 2.24) is 0 Å². The molecule has 14 heavy (non-hydrogen) atoms. The summed E-state index contributed by atoms with van der Waals surface area (Å²) in [5.74, 6) is 0. The van der Waals surface area contributed by atoms with Crippen LogP contribution in [0, 0.1) is 6.92 Å². The van der Waals surface area contributed by atoms with Crippen LogP contribution >= 0.6 is 23.4 Å². The first-order valence-corrected chi connectivity index (χ1v) is 6.06. The minimum Gasteiger partial charge on any atom is -0.329 e. The first-order valence-electron chi connectivity index (χ1n) is 4.80. The average Bonchev–Trinajstić information content (AvgIpc) is 2.19. The van der Waals surface area contributed by atoms with E-state index in [1.54, 1.807) is 0 Å². The Kier molecular flexibility index (Phi) is 4.79. The molecule has 1 rings (SSSR count). The van der Waals surface area contributed by atoms with E-state index in [2.05, 4.69) is 19.1 Å². The minimum atomic E-state index is 0.510. The predicted octanol–water partition coefficient (Wildman–Crippen LogP) is 3.48. The van der Waals surface area contributed by atoms with Crippen LogP contribution in [0.4, 0.5) is 0 Å². The van der Waals surface area contributed by atoms with E-state index in [-0.39, 0.29) is 0 Å². The Bertz CT molecular complexity index is 297. The first-order chi connectivity index (χ1) is 6.67. The zero-order chi connectivity index (χ0) is 10.6. The topological polar surface area (TPSA) is 26.0 Å². The molecule has 0 heterocycles. The molecule has 1 unspecified atom stereocenters. The maximum atomic E-state index is 5.95. The van der Waals surface area contributed by atoms with Crippen LogP contribution in [0.5, 0.6) is 0 Å². The summed E-state index contributed by atoms with van der Waals surface area (Å²) in [5, 5.41) is 1.34. The lowest BCUT2D eigenvalue weighted by molar-refractivity contribution is 0.827. The summed E-state index contributed by atoms with van der Waals surface area (Å²) in [4.78, 5) is 1.25. The number of hydrogen-bond donors (Lipinski definition) is 1. The third-order valence-electron chi connectivity index (χ3n) is 2.15. The largest absolute Gasteiger partial charge is 0.329 e. The fraction of sp³-hybridized carbons (Fsp3) is 0.455. The smallest absolute Gasteiger partial charge is 0.0435 e. The van der Waals surface area contributed by atoms with Crippen molar-refractivity contribution in [3.05, 3.63) is 28.8 Å². The number of nitrogens with two attached hydrogens (primary N) is 1. The standard InChI is InChI=1S/C11H16ClNS/c1-3-9(7-13)14-10-4-5-11(12)8(2)6-10/h4-6,9H,3,7,13H2,1-2H3. The molecular formula is C11H16ClNS. The Hall–Kier alpha value is -0.180. The summed E-state index contributed by atoms with van der Waals surface area (Å²) < 4.78 is 0. The van der Waals surface area contributed by atoms with Crippen LogP contribution in [0.1, 0.15) is 18.9 Å². The predicted molar refractivity (Wildman–Crippen MR) is 65.2 cm³/mol. The number of thioether (sulfide) groups is 1. The van der Waals surface area contributed by atoms with Crippen LogP contribution in [-0.4, -0.2) is 11.8 Å². The lowest BCUT2D eigenvalue weighted by atomic mass is 10.2. The van der Waals surface area contributed by atoms with Crippen molar-refractivity contribution >= 4 is 23.4 Å². The maximum absolute atomic E-state index is 5.95. The van der Waals surface area contributed by atoms with E-state index >= 15 is 0 Å². The Labute approximate surface area is 95.0 Å². The van der Waals surface area contributed by atoms with Gasteiger partial charge in [0.2, 0.25) is 0 Å².